The Morgan fingerprint density at radius 2 is 2.20 bits per heavy atom. The number of rotatable bonds is 3. The third-order valence-corrected chi connectivity index (χ3v) is 4.66. The van der Waals surface area contributed by atoms with E-state index in [4.69, 9.17) is 9.47 Å². The van der Waals surface area contributed by atoms with Gasteiger partial charge in [-0.1, -0.05) is 35.6 Å². The smallest absolute Gasteiger partial charge is 0.280 e. The second-order valence-electron chi connectivity index (χ2n) is 6.17. The van der Waals surface area contributed by atoms with Crippen molar-refractivity contribution < 1.29 is 14.3 Å². The molecule has 0 radical (unpaired) electrons. The summed E-state index contributed by atoms with van der Waals surface area (Å²) in [5, 5.41) is 8.23. The van der Waals surface area contributed by atoms with Gasteiger partial charge in [-0.2, -0.15) is 0 Å². The van der Waals surface area contributed by atoms with Gasteiger partial charge in [0.05, 0.1) is 25.1 Å². The van der Waals surface area contributed by atoms with Crippen molar-refractivity contribution in [2.45, 2.75) is 18.6 Å². The first-order chi connectivity index (χ1) is 12.3. The topological polar surface area (TPSA) is 69.5 Å². The molecule has 3 heterocycles. The quantitative estimate of drug-likeness (QED) is 0.854. The second kappa shape index (κ2) is 6.78. The number of aromatic nitrogens is 3. The van der Waals surface area contributed by atoms with Crippen molar-refractivity contribution in [2.24, 2.45) is 0 Å². The lowest BCUT2D eigenvalue weighted by Gasteiger charge is -2.21. The van der Waals surface area contributed by atoms with Crippen LogP contribution in [-0.2, 0) is 9.47 Å². The molecule has 2 aromatic rings. The number of amides is 1. The average molecular weight is 340 g/mol. The van der Waals surface area contributed by atoms with Crippen molar-refractivity contribution in [3.63, 3.8) is 0 Å². The summed E-state index contributed by atoms with van der Waals surface area (Å²) in [6.45, 7) is 1.65. The van der Waals surface area contributed by atoms with Crippen LogP contribution in [0.2, 0.25) is 0 Å². The summed E-state index contributed by atoms with van der Waals surface area (Å²) in [6.07, 6.45) is 6.55. The Morgan fingerprint density at radius 1 is 1.32 bits per heavy atom. The van der Waals surface area contributed by atoms with Gasteiger partial charge in [0.2, 0.25) is 0 Å². The van der Waals surface area contributed by atoms with Gasteiger partial charge in [-0.25, -0.2) is 4.68 Å². The van der Waals surface area contributed by atoms with Crippen molar-refractivity contribution in [2.75, 3.05) is 31.8 Å². The first-order valence-corrected chi connectivity index (χ1v) is 8.37. The molecule has 1 fully saturated rings. The Hall–Kier alpha value is -2.51. The molecule has 2 aliphatic heterocycles. The number of benzene rings is 1. The van der Waals surface area contributed by atoms with Crippen molar-refractivity contribution in [1.82, 2.24) is 15.0 Å². The number of hydrogen-bond donors (Lipinski definition) is 0. The van der Waals surface area contributed by atoms with Crippen molar-refractivity contribution in [1.29, 1.82) is 0 Å². The third-order valence-electron chi connectivity index (χ3n) is 4.66. The zero-order valence-electron chi connectivity index (χ0n) is 14.0. The number of carbonyl (C=O) groups is 1. The van der Waals surface area contributed by atoms with Crippen LogP contribution in [0.1, 0.15) is 28.5 Å². The highest BCUT2D eigenvalue weighted by Gasteiger charge is 2.32. The minimum Gasteiger partial charge on any atom is -0.377 e. The standard InChI is InChI=1S/C18H20N4O3/c1-24-17-12-25-11-16(17)22-10-14(19-20-22)18(23)21-9-5-4-7-13-6-2-3-8-15(13)21/h2-4,6-8,10,16-17H,5,9,11-12H2,1H3/t16-,17-/m1/s1. The maximum Gasteiger partial charge on any atom is 0.280 e. The van der Waals surface area contributed by atoms with E-state index in [1.165, 1.54) is 0 Å². The van der Waals surface area contributed by atoms with Crippen LogP contribution < -0.4 is 4.90 Å². The van der Waals surface area contributed by atoms with Crippen LogP contribution >= 0.6 is 0 Å². The van der Waals surface area contributed by atoms with Crippen molar-refractivity contribution in [3.05, 3.63) is 47.8 Å². The molecule has 1 aromatic heterocycles. The minimum absolute atomic E-state index is 0.0582. The van der Waals surface area contributed by atoms with E-state index >= 15 is 0 Å². The zero-order valence-corrected chi connectivity index (χ0v) is 14.0. The normalized spacial score (nSPS) is 22.7. The van der Waals surface area contributed by atoms with E-state index in [0.29, 0.717) is 25.5 Å². The predicted octanol–water partition coefficient (Wildman–Crippen LogP) is 1.93. The molecule has 7 heteroatoms. The maximum absolute atomic E-state index is 13.0. The fraction of sp³-hybridized carbons (Fsp3) is 0.389. The fourth-order valence-corrected chi connectivity index (χ4v) is 3.29. The molecule has 0 N–H and O–H groups in total. The molecule has 130 valence electrons. The van der Waals surface area contributed by atoms with Crippen LogP contribution in [0.4, 0.5) is 5.69 Å². The van der Waals surface area contributed by atoms with Gasteiger partial charge >= 0.3 is 0 Å². The Kier molecular flexibility index (Phi) is 4.33. The molecule has 1 amide bonds. The number of para-hydroxylation sites is 1. The van der Waals surface area contributed by atoms with Gasteiger partial charge in [-0.15, -0.1) is 5.10 Å². The van der Waals surface area contributed by atoms with Gasteiger partial charge in [0.25, 0.3) is 5.91 Å². The lowest BCUT2D eigenvalue weighted by Crippen LogP contribution is -2.32. The number of fused-ring (bicyclic) bond motifs is 1. The summed E-state index contributed by atoms with van der Waals surface area (Å²) < 4.78 is 12.5. The van der Waals surface area contributed by atoms with Crippen LogP contribution in [0, 0.1) is 0 Å². The first kappa shape index (κ1) is 16.0. The fourth-order valence-electron chi connectivity index (χ4n) is 3.29. The van der Waals surface area contributed by atoms with E-state index < -0.39 is 0 Å². The van der Waals surface area contributed by atoms with Gasteiger partial charge in [-0.3, -0.25) is 4.79 Å². The predicted molar refractivity (Wildman–Crippen MR) is 92.4 cm³/mol. The SMILES string of the molecule is CO[C@@H]1COC[C@H]1n1cc(C(=O)N2CCC=Cc3ccccc32)nn1. The number of ether oxygens (including phenoxy) is 2. The third kappa shape index (κ3) is 2.96. The van der Waals surface area contributed by atoms with Gasteiger partial charge in [0, 0.05) is 13.7 Å². The van der Waals surface area contributed by atoms with Gasteiger partial charge in [0.15, 0.2) is 5.69 Å². The summed E-state index contributed by atoms with van der Waals surface area (Å²) in [7, 11) is 1.65. The average Bonchev–Trinajstić information content (AvgIpc) is 3.26. The molecule has 0 saturated carbocycles. The molecule has 0 spiro atoms. The highest BCUT2D eigenvalue weighted by molar-refractivity contribution is 6.05. The Bertz CT molecular complexity index is 801. The lowest BCUT2D eigenvalue weighted by atomic mass is 10.1. The second-order valence-corrected chi connectivity index (χ2v) is 6.17. The number of methoxy groups -OCH3 is 1. The Morgan fingerprint density at radius 3 is 3.08 bits per heavy atom. The summed E-state index contributed by atoms with van der Waals surface area (Å²) >= 11 is 0. The first-order valence-electron chi connectivity index (χ1n) is 8.37. The van der Waals surface area contributed by atoms with Crippen LogP contribution in [0.5, 0.6) is 0 Å². The van der Waals surface area contributed by atoms with Gasteiger partial charge in [-0.05, 0) is 18.1 Å². The molecular formula is C18H20N4O3. The van der Waals surface area contributed by atoms with Crippen molar-refractivity contribution in [3.8, 4) is 0 Å². The molecule has 2 atom stereocenters. The maximum atomic E-state index is 13.0. The van der Waals surface area contributed by atoms with E-state index in [1.807, 2.05) is 24.3 Å². The molecule has 25 heavy (non-hydrogen) atoms. The highest BCUT2D eigenvalue weighted by atomic mass is 16.5. The van der Waals surface area contributed by atoms with Gasteiger partial charge < -0.3 is 14.4 Å². The largest absolute Gasteiger partial charge is 0.377 e. The van der Waals surface area contributed by atoms with Gasteiger partial charge in [0.1, 0.15) is 12.1 Å². The molecule has 4 rings (SSSR count). The van der Waals surface area contributed by atoms with Crippen LogP contribution in [0.25, 0.3) is 6.08 Å². The molecule has 2 aliphatic rings. The van der Waals surface area contributed by atoms with E-state index in [0.717, 1.165) is 17.7 Å². The minimum atomic E-state index is -0.143. The van der Waals surface area contributed by atoms with Crippen LogP contribution in [0.3, 0.4) is 0 Å². The van der Waals surface area contributed by atoms with Crippen LogP contribution in [-0.4, -0.2) is 53.9 Å². The highest BCUT2D eigenvalue weighted by Crippen LogP contribution is 2.27. The number of anilines is 1. The molecular weight excluding hydrogens is 320 g/mol. The van der Waals surface area contributed by atoms with Crippen LogP contribution in [0.15, 0.2) is 36.5 Å². The zero-order chi connectivity index (χ0) is 17.2. The molecule has 1 saturated heterocycles. The summed E-state index contributed by atoms with van der Waals surface area (Å²) in [6, 6.07) is 7.82. The van der Waals surface area contributed by atoms with E-state index in [9.17, 15) is 4.79 Å². The molecule has 1 aromatic carbocycles. The molecule has 0 aliphatic carbocycles. The number of hydrogen-bond acceptors (Lipinski definition) is 5. The van der Waals surface area contributed by atoms with E-state index in [1.54, 1.807) is 22.9 Å². The summed E-state index contributed by atoms with van der Waals surface area (Å²) in [4.78, 5) is 14.8. The van der Waals surface area contributed by atoms with E-state index in [2.05, 4.69) is 22.5 Å². The molecule has 0 unspecified atom stereocenters. The Labute approximate surface area is 145 Å². The number of nitrogens with zero attached hydrogens (tertiary/aromatic N) is 4. The number of carbonyl (C=O) groups excluding carboxylic acids is 1. The van der Waals surface area contributed by atoms with E-state index in [-0.39, 0.29) is 18.1 Å². The molecule has 0 bridgehead atoms. The van der Waals surface area contributed by atoms with Crippen molar-refractivity contribution >= 4 is 17.7 Å². The monoisotopic (exact) mass is 340 g/mol. The molecule has 7 nitrogen and oxygen atoms in total. The summed E-state index contributed by atoms with van der Waals surface area (Å²) in [5.74, 6) is -0.143. The Balaban J connectivity index is 1.60. The lowest BCUT2D eigenvalue weighted by molar-refractivity contribution is 0.0661. The summed E-state index contributed by atoms with van der Waals surface area (Å²) in [5.41, 5.74) is 2.26.